The van der Waals surface area contributed by atoms with E-state index in [1.165, 1.54) is 12.1 Å². The second-order valence-corrected chi connectivity index (χ2v) is 6.04. The second-order valence-electron chi connectivity index (χ2n) is 6.04. The van der Waals surface area contributed by atoms with Gasteiger partial charge in [-0.05, 0) is 37.6 Å². The van der Waals surface area contributed by atoms with Gasteiger partial charge in [-0.1, -0.05) is 6.92 Å². The van der Waals surface area contributed by atoms with Crippen LogP contribution in [0.5, 0.6) is 0 Å². The number of anilines is 3. The van der Waals surface area contributed by atoms with Crippen molar-refractivity contribution < 1.29 is 4.39 Å². The fourth-order valence-corrected chi connectivity index (χ4v) is 2.68. The molecule has 1 atom stereocenters. The van der Waals surface area contributed by atoms with E-state index in [4.69, 9.17) is 0 Å². The Morgan fingerprint density at radius 3 is 2.46 bits per heavy atom. The van der Waals surface area contributed by atoms with Gasteiger partial charge in [0.05, 0.1) is 6.20 Å². The zero-order valence-corrected chi connectivity index (χ0v) is 14.1. The second kappa shape index (κ2) is 7.42. The number of piperazine rings is 1. The number of nitrogens with one attached hydrogen (secondary N) is 1. The van der Waals surface area contributed by atoms with Crippen LogP contribution in [0, 0.1) is 5.82 Å². The predicted octanol–water partition coefficient (Wildman–Crippen LogP) is 2.55. The molecule has 0 aliphatic carbocycles. The molecule has 3 rings (SSSR count). The molecular weight excluding hydrogens is 307 g/mol. The van der Waals surface area contributed by atoms with E-state index in [-0.39, 0.29) is 5.82 Å². The summed E-state index contributed by atoms with van der Waals surface area (Å²) in [4.78, 5) is 9.02. The number of benzene rings is 1. The summed E-state index contributed by atoms with van der Waals surface area (Å²) < 4.78 is 13.0. The van der Waals surface area contributed by atoms with E-state index < -0.39 is 0 Å². The molecule has 0 bridgehead atoms. The topological polar surface area (TPSA) is 57.2 Å². The van der Waals surface area contributed by atoms with E-state index >= 15 is 0 Å². The highest BCUT2D eigenvalue weighted by molar-refractivity contribution is 5.49. The van der Waals surface area contributed by atoms with E-state index in [9.17, 15) is 4.39 Å². The molecule has 128 valence electrons. The van der Waals surface area contributed by atoms with Crippen LogP contribution >= 0.6 is 0 Å². The van der Waals surface area contributed by atoms with Crippen LogP contribution in [-0.2, 0) is 0 Å². The molecule has 0 spiro atoms. The minimum absolute atomic E-state index is 0.203. The Morgan fingerprint density at radius 2 is 1.79 bits per heavy atom. The van der Waals surface area contributed by atoms with E-state index in [2.05, 4.69) is 44.1 Å². The summed E-state index contributed by atoms with van der Waals surface area (Å²) in [5.74, 6) is 1.21. The molecule has 1 aromatic heterocycles. The molecule has 1 fully saturated rings. The Hall–Kier alpha value is -2.44. The van der Waals surface area contributed by atoms with Crippen molar-refractivity contribution in [1.82, 2.24) is 15.2 Å². The molecule has 1 aliphatic heterocycles. The van der Waals surface area contributed by atoms with Crippen LogP contribution < -0.4 is 15.1 Å². The Kier molecular flexibility index (Phi) is 5.08. The van der Waals surface area contributed by atoms with Crippen LogP contribution in [0.1, 0.15) is 20.3 Å². The van der Waals surface area contributed by atoms with E-state index in [0.29, 0.717) is 12.0 Å². The van der Waals surface area contributed by atoms with Gasteiger partial charge in [0.15, 0.2) is 5.82 Å². The van der Waals surface area contributed by atoms with E-state index in [0.717, 1.165) is 44.1 Å². The number of aromatic nitrogens is 3. The molecule has 0 saturated carbocycles. The van der Waals surface area contributed by atoms with Crippen LogP contribution in [0.25, 0.3) is 0 Å². The number of rotatable bonds is 5. The van der Waals surface area contributed by atoms with Gasteiger partial charge in [-0.3, -0.25) is 0 Å². The van der Waals surface area contributed by atoms with Gasteiger partial charge >= 0.3 is 0 Å². The average Bonchev–Trinajstić information content (AvgIpc) is 2.63. The summed E-state index contributed by atoms with van der Waals surface area (Å²) in [6.45, 7) is 7.63. The Labute approximate surface area is 141 Å². The molecule has 7 heteroatoms. The van der Waals surface area contributed by atoms with Gasteiger partial charge in [-0.15, -0.1) is 5.10 Å². The van der Waals surface area contributed by atoms with Crippen molar-refractivity contribution in [3.8, 4) is 0 Å². The maximum absolute atomic E-state index is 13.0. The lowest BCUT2D eigenvalue weighted by Crippen LogP contribution is -2.47. The Balaban J connectivity index is 1.62. The van der Waals surface area contributed by atoms with Gasteiger partial charge in [0.2, 0.25) is 5.95 Å². The lowest BCUT2D eigenvalue weighted by atomic mass is 10.2. The third-order valence-electron chi connectivity index (χ3n) is 4.33. The molecule has 0 radical (unpaired) electrons. The quantitative estimate of drug-likeness (QED) is 0.909. The van der Waals surface area contributed by atoms with Gasteiger partial charge in [-0.25, -0.2) is 4.39 Å². The molecule has 1 unspecified atom stereocenters. The SMILES string of the molecule is CCC(C)Nc1nncc(N2CCN(c3ccc(F)cc3)CC2)n1. The molecule has 0 amide bonds. The Bertz CT molecular complexity index is 654. The van der Waals surface area contributed by atoms with Gasteiger partial charge < -0.3 is 15.1 Å². The Morgan fingerprint density at radius 1 is 1.12 bits per heavy atom. The van der Waals surface area contributed by atoms with Crippen molar-refractivity contribution in [3.63, 3.8) is 0 Å². The largest absolute Gasteiger partial charge is 0.368 e. The van der Waals surface area contributed by atoms with Gasteiger partial charge in [0.25, 0.3) is 0 Å². The lowest BCUT2D eigenvalue weighted by molar-refractivity contribution is 0.623. The molecule has 1 N–H and O–H groups in total. The fourth-order valence-electron chi connectivity index (χ4n) is 2.68. The monoisotopic (exact) mass is 330 g/mol. The number of halogens is 1. The minimum Gasteiger partial charge on any atom is -0.368 e. The molecule has 2 aromatic rings. The zero-order chi connectivity index (χ0) is 16.9. The summed E-state index contributed by atoms with van der Waals surface area (Å²) in [6, 6.07) is 6.97. The normalized spacial score (nSPS) is 16.1. The first kappa shape index (κ1) is 16.4. The molecule has 1 saturated heterocycles. The first-order valence-electron chi connectivity index (χ1n) is 8.37. The number of hydrogen-bond acceptors (Lipinski definition) is 6. The molecular formula is C17H23FN6. The van der Waals surface area contributed by atoms with Crippen LogP contribution in [0.15, 0.2) is 30.5 Å². The van der Waals surface area contributed by atoms with Gasteiger partial charge in [0, 0.05) is 37.9 Å². The molecule has 1 aromatic carbocycles. The summed E-state index contributed by atoms with van der Waals surface area (Å²) >= 11 is 0. The standard InChI is InChI=1S/C17H23FN6/c1-3-13(2)20-17-21-16(12-19-22-17)24-10-8-23(9-11-24)15-6-4-14(18)5-7-15/h4-7,12-13H,3,8-11H2,1-2H3,(H,20,21,22). The highest BCUT2D eigenvalue weighted by Gasteiger charge is 2.19. The maximum Gasteiger partial charge on any atom is 0.244 e. The third-order valence-corrected chi connectivity index (χ3v) is 4.33. The highest BCUT2D eigenvalue weighted by atomic mass is 19.1. The maximum atomic E-state index is 13.0. The van der Waals surface area contributed by atoms with Gasteiger partial charge in [0.1, 0.15) is 5.82 Å². The fraction of sp³-hybridized carbons (Fsp3) is 0.471. The smallest absolute Gasteiger partial charge is 0.244 e. The van der Waals surface area contributed by atoms with E-state index in [1.54, 1.807) is 6.20 Å². The van der Waals surface area contributed by atoms with Crippen molar-refractivity contribution in [2.24, 2.45) is 0 Å². The molecule has 1 aliphatic rings. The van der Waals surface area contributed by atoms with Crippen LogP contribution in [-0.4, -0.2) is 47.4 Å². The first-order chi connectivity index (χ1) is 11.7. The van der Waals surface area contributed by atoms with Crippen LogP contribution in [0.3, 0.4) is 0 Å². The van der Waals surface area contributed by atoms with Crippen LogP contribution in [0.4, 0.5) is 21.8 Å². The number of nitrogens with zero attached hydrogens (tertiary/aromatic N) is 5. The minimum atomic E-state index is -0.203. The van der Waals surface area contributed by atoms with Crippen molar-refractivity contribution in [3.05, 3.63) is 36.3 Å². The average molecular weight is 330 g/mol. The molecule has 24 heavy (non-hydrogen) atoms. The number of hydrogen-bond donors (Lipinski definition) is 1. The molecule has 2 heterocycles. The van der Waals surface area contributed by atoms with Gasteiger partial charge in [-0.2, -0.15) is 10.1 Å². The first-order valence-corrected chi connectivity index (χ1v) is 8.37. The summed E-state index contributed by atoms with van der Waals surface area (Å²) in [5, 5.41) is 11.4. The van der Waals surface area contributed by atoms with Crippen LogP contribution in [0.2, 0.25) is 0 Å². The summed E-state index contributed by atoms with van der Waals surface area (Å²) in [5.41, 5.74) is 1.05. The third kappa shape index (κ3) is 3.90. The summed E-state index contributed by atoms with van der Waals surface area (Å²) in [7, 11) is 0. The zero-order valence-electron chi connectivity index (χ0n) is 14.1. The molecule has 6 nitrogen and oxygen atoms in total. The van der Waals surface area contributed by atoms with Crippen molar-refractivity contribution in [2.75, 3.05) is 41.3 Å². The van der Waals surface area contributed by atoms with E-state index in [1.807, 2.05) is 12.1 Å². The lowest BCUT2D eigenvalue weighted by Gasteiger charge is -2.36. The van der Waals surface area contributed by atoms with Crippen molar-refractivity contribution in [2.45, 2.75) is 26.3 Å². The summed E-state index contributed by atoms with van der Waals surface area (Å²) in [6.07, 6.45) is 2.71. The van der Waals surface area contributed by atoms with Crippen molar-refractivity contribution >= 4 is 17.5 Å². The predicted molar refractivity (Wildman–Crippen MR) is 94.0 cm³/mol. The highest BCUT2D eigenvalue weighted by Crippen LogP contribution is 2.19. The van der Waals surface area contributed by atoms with Crippen molar-refractivity contribution in [1.29, 1.82) is 0 Å².